The highest BCUT2D eigenvalue weighted by atomic mass is 35.5. The number of benzene rings is 1. The summed E-state index contributed by atoms with van der Waals surface area (Å²) in [5.74, 6) is 1.86. The molecule has 1 aromatic rings. The Balaban J connectivity index is 2.50. The molecule has 0 aliphatic rings. The Morgan fingerprint density at radius 1 is 1.20 bits per heavy atom. The summed E-state index contributed by atoms with van der Waals surface area (Å²) < 4.78 is 0. The molecule has 0 fully saturated rings. The molecule has 15 heavy (non-hydrogen) atoms. The molecule has 0 amide bonds. The Kier molecular flexibility index (Phi) is 5.55. The molecule has 84 valence electrons. The number of halogens is 1. The third-order valence-corrected chi connectivity index (χ3v) is 3.85. The molecule has 0 nitrogen and oxygen atoms in total. The number of aryl methyl sites for hydroxylation is 2. The minimum absolute atomic E-state index is 0.656. The lowest BCUT2D eigenvalue weighted by Crippen LogP contribution is -1.97. The van der Waals surface area contributed by atoms with Crippen LogP contribution in [0.5, 0.6) is 0 Å². The summed E-state index contributed by atoms with van der Waals surface area (Å²) in [6.45, 7) is 6.56. The molecule has 0 spiro atoms. The van der Waals surface area contributed by atoms with Crippen LogP contribution in [0.1, 0.15) is 30.0 Å². The molecule has 0 N–H and O–H groups in total. The highest BCUT2D eigenvalue weighted by Gasteiger charge is 2.03. The summed E-state index contributed by atoms with van der Waals surface area (Å²) in [5, 5.41) is 0.656. The largest absolute Gasteiger partial charge is 0.154 e. The molecule has 0 aromatic heterocycles. The lowest BCUT2D eigenvalue weighted by Gasteiger charge is -2.10. The normalized spacial score (nSPS) is 12.8. The zero-order chi connectivity index (χ0) is 11.3. The quantitative estimate of drug-likeness (QED) is 0.683. The molecule has 2 heteroatoms. The predicted molar refractivity (Wildman–Crippen MR) is 72.0 cm³/mol. The van der Waals surface area contributed by atoms with Crippen molar-refractivity contribution in [2.45, 2.75) is 38.2 Å². The predicted octanol–water partition coefficient (Wildman–Crippen LogP) is 4.55. The van der Waals surface area contributed by atoms with Gasteiger partial charge in [-0.15, -0.1) is 11.6 Å². The minimum Gasteiger partial charge on any atom is -0.154 e. The number of thioether (sulfide) groups is 1. The van der Waals surface area contributed by atoms with Crippen LogP contribution < -0.4 is 0 Å². The van der Waals surface area contributed by atoms with E-state index in [-0.39, 0.29) is 0 Å². The van der Waals surface area contributed by atoms with Crippen LogP contribution in [0, 0.1) is 13.8 Å². The third kappa shape index (κ3) is 4.94. The van der Waals surface area contributed by atoms with Gasteiger partial charge >= 0.3 is 0 Å². The second-order valence-electron chi connectivity index (χ2n) is 4.10. The lowest BCUT2D eigenvalue weighted by atomic mass is 10.1. The van der Waals surface area contributed by atoms with Crippen LogP contribution in [0.3, 0.4) is 0 Å². The zero-order valence-corrected chi connectivity index (χ0v) is 11.3. The molecule has 1 rings (SSSR count). The molecule has 0 bridgehead atoms. The lowest BCUT2D eigenvalue weighted by molar-refractivity contribution is 0.912. The topological polar surface area (TPSA) is 0 Å². The number of hydrogen-bond acceptors (Lipinski definition) is 1. The summed E-state index contributed by atoms with van der Waals surface area (Å²) in [6.07, 6.45) is 1.09. The Morgan fingerprint density at radius 3 is 2.33 bits per heavy atom. The summed E-state index contributed by atoms with van der Waals surface area (Å²) in [7, 11) is 0. The van der Waals surface area contributed by atoms with Crippen LogP contribution in [0.4, 0.5) is 0 Å². The van der Waals surface area contributed by atoms with Gasteiger partial charge < -0.3 is 0 Å². The second kappa shape index (κ2) is 6.44. The van der Waals surface area contributed by atoms with E-state index in [1.165, 1.54) is 16.7 Å². The maximum absolute atomic E-state index is 5.72. The van der Waals surface area contributed by atoms with Crippen molar-refractivity contribution in [3.63, 3.8) is 0 Å². The van der Waals surface area contributed by atoms with Gasteiger partial charge in [-0.25, -0.2) is 0 Å². The first-order valence-corrected chi connectivity index (χ1v) is 6.95. The van der Waals surface area contributed by atoms with Crippen molar-refractivity contribution in [3.8, 4) is 0 Å². The number of alkyl halides is 1. The van der Waals surface area contributed by atoms with E-state index in [2.05, 4.69) is 39.0 Å². The highest BCUT2D eigenvalue weighted by molar-refractivity contribution is 7.99. The Labute approximate surface area is 102 Å². The molecular formula is C13H19ClS. The maximum atomic E-state index is 5.72. The van der Waals surface area contributed by atoms with E-state index in [1.54, 1.807) is 0 Å². The SMILES string of the molecule is Cc1cc(C)cc(CSC(C)CCCl)c1. The van der Waals surface area contributed by atoms with E-state index in [0.717, 1.165) is 18.1 Å². The first kappa shape index (κ1) is 12.9. The third-order valence-electron chi connectivity index (χ3n) is 2.33. The van der Waals surface area contributed by atoms with Gasteiger partial charge in [0.1, 0.15) is 0 Å². The van der Waals surface area contributed by atoms with E-state index in [0.29, 0.717) is 5.25 Å². The molecule has 0 heterocycles. The van der Waals surface area contributed by atoms with Crippen molar-refractivity contribution >= 4 is 23.4 Å². The summed E-state index contributed by atoms with van der Waals surface area (Å²) in [5.41, 5.74) is 4.14. The van der Waals surface area contributed by atoms with E-state index < -0.39 is 0 Å². The fourth-order valence-corrected chi connectivity index (χ4v) is 3.01. The fourth-order valence-electron chi connectivity index (χ4n) is 1.63. The molecule has 0 aliphatic heterocycles. The molecular weight excluding hydrogens is 224 g/mol. The van der Waals surface area contributed by atoms with Crippen LogP contribution in [-0.2, 0) is 5.75 Å². The van der Waals surface area contributed by atoms with Gasteiger partial charge in [-0.2, -0.15) is 11.8 Å². The van der Waals surface area contributed by atoms with Crippen LogP contribution in [0.2, 0.25) is 0 Å². The van der Waals surface area contributed by atoms with Gasteiger partial charge in [-0.3, -0.25) is 0 Å². The van der Waals surface area contributed by atoms with E-state index in [1.807, 2.05) is 11.8 Å². The molecule has 0 aliphatic carbocycles. The Hall–Kier alpha value is -0.140. The fraction of sp³-hybridized carbons (Fsp3) is 0.538. The monoisotopic (exact) mass is 242 g/mol. The zero-order valence-electron chi connectivity index (χ0n) is 9.72. The smallest absolute Gasteiger partial charge is 0.0233 e. The summed E-state index contributed by atoms with van der Waals surface area (Å²) >= 11 is 7.70. The highest BCUT2D eigenvalue weighted by Crippen LogP contribution is 2.21. The van der Waals surface area contributed by atoms with Gasteiger partial charge in [0, 0.05) is 16.9 Å². The van der Waals surface area contributed by atoms with Gasteiger partial charge in [0.2, 0.25) is 0 Å². The molecule has 1 atom stereocenters. The van der Waals surface area contributed by atoms with Gasteiger partial charge in [0.25, 0.3) is 0 Å². The van der Waals surface area contributed by atoms with Crippen LogP contribution in [-0.4, -0.2) is 11.1 Å². The minimum atomic E-state index is 0.656. The summed E-state index contributed by atoms with van der Waals surface area (Å²) in [6, 6.07) is 6.76. The molecule has 1 aromatic carbocycles. The van der Waals surface area contributed by atoms with Crippen molar-refractivity contribution < 1.29 is 0 Å². The molecule has 0 saturated heterocycles. The van der Waals surface area contributed by atoms with Crippen molar-refractivity contribution in [2.75, 3.05) is 5.88 Å². The van der Waals surface area contributed by atoms with Crippen LogP contribution >= 0.6 is 23.4 Å². The van der Waals surface area contributed by atoms with Crippen molar-refractivity contribution in [2.24, 2.45) is 0 Å². The summed E-state index contributed by atoms with van der Waals surface area (Å²) in [4.78, 5) is 0. The van der Waals surface area contributed by atoms with E-state index >= 15 is 0 Å². The Bertz CT molecular complexity index is 289. The van der Waals surface area contributed by atoms with Crippen LogP contribution in [0.15, 0.2) is 18.2 Å². The first-order valence-electron chi connectivity index (χ1n) is 5.36. The number of rotatable bonds is 5. The van der Waals surface area contributed by atoms with Gasteiger partial charge in [-0.05, 0) is 25.8 Å². The van der Waals surface area contributed by atoms with E-state index in [4.69, 9.17) is 11.6 Å². The van der Waals surface area contributed by atoms with Crippen LogP contribution in [0.25, 0.3) is 0 Å². The second-order valence-corrected chi connectivity index (χ2v) is 5.90. The Morgan fingerprint density at radius 2 is 1.80 bits per heavy atom. The van der Waals surface area contributed by atoms with Gasteiger partial charge in [0.15, 0.2) is 0 Å². The standard InChI is InChI=1S/C13H19ClS/c1-10-6-11(2)8-13(7-10)9-15-12(3)4-5-14/h6-8,12H,4-5,9H2,1-3H3. The van der Waals surface area contributed by atoms with Crippen molar-refractivity contribution in [3.05, 3.63) is 34.9 Å². The van der Waals surface area contributed by atoms with Crippen molar-refractivity contribution in [1.29, 1.82) is 0 Å². The molecule has 0 radical (unpaired) electrons. The average Bonchev–Trinajstić information content (AvgIpc) is 2.14. The van der Waals surface area contributed by atoms with Crippen molar-refractivity contribution in [1.82, 2.24) is 0 Å². The maximum Gasteiger partial charge on any atom is 0.0233 e. The van der Waals surface area contributed by atoms with E-state index in [9.17, 15) is 0 Å². The molecule has 0 saturated carbocycles. The van der Waals surface area contributed by atoms with Gasteiger partial charge in [-0.1, -0.05) is 36.2 Å². The molecule has 1 unspecified atom stereocenters. The van der Waals surface area contributed by atoms with Gasteiger partial charge in [0.05, 0.1) is 0 Å². The average molecular weight is 243 g/mol. The first-order chi connectivity index (χ1) is 7.11. The number of hydrogen-bond donors (Lipinski definition) is 0.